The maximum absolute atomic E-state index is 13.3. The highest BCUT2D eigenvalue weighted by molar-refractivity contribution is 9.10. The summed E-state index contributed by atoms with van der Waals surface area (Å²) in [6, 6.07) is 4.44. The van der Waals surface area contributed by atoms with Crippen LogP contribution in [0.5, 0.6) is 17.6 Å². The van der Waals surface area contributed by atoms with Crippen LogP contribution in [0.25, 0.3) is 0 Å². The van der Waals surface area contributed by atoms with Gasteiger partial charge in [-0.25, -0.2) is 9.37 Å². The monoisotopic (exact) mass is 332 g/mol. The first-order valence-corrected chi connectivity index (χ1v) is 5.96. The molecule has 18 heavy (non-hydrogen) atoms. The third-order valence-electron chi connectivity index (χ3n) is 1.98. The Kier molecular flexibility index (Phi) is 3.98. The van der Waals surface area contributed by atoms with Gasteiger partial charge in [0.2, 0.25) is 5.88 Å². The molecular formula is C11H7BrClFN2O2. The topological polar surface area (TPSA) is 44.2 Å². The van der Waals surface area contributed by atoms with E-state index in [1.165, 1.54) is 25.4 Å². The van der Waals surface area contributed by atoms with Gasteiger partial charge >= 0.3 is 6.01 Å². The molecule has 0 atom stereocenters. The highest BCUT2D eigenvalue weighted by Crippen LogP contribution is 2.29. The third kappa shape index (κ3) is 2.88. The number of aromatic nitrogens is 2. The second-order valence-corrected chi connectivity index (χ2v) is 4.45. The molecule has 2 rings (SSSR count). The largest absolute Gasteiger partial charge is 0.467 e. The van der Waals surface area contributed by atoms with E-state index in [9.17, 15) is 4.39 Å². The van der Waals surface area contributed by atoms with Gasteiger partial charge in [-0.15, -0.1) is 0 Å². The van der Waals surface area contributed by atoms with Gasteiger partial charge in [0.05, 0.1) is 17.8 Å². The molecule has 1 aromatic heterocycles. The van der Waals surface area contributed by atoms with E-state index in [2.05, 4.69) is 25.9 Å². The molecule has 2 aromatic rings. The molecule has 0 saturated carbocycles. The fraction of sp³-hybridized carbons (Fsp3) is 0.0909. The van der Waals surface area contributed by atoms with Crippen LogP contribution in [0.3, 0.4) is 0 Å². The summed E-state index contributed by atoms with van der Waals surface area (Å²) in [5, 5.41) is 0.208. The first kappa shape index (κ1) is 13.0. The lowest BCUT2D eigenvalue weighted by Crippen LogP contribution is -1.95. The molecule has 0 radical (unpaired) electrons. The van der Waals surface area contributed by atoms with Crippen molar-refractivity contribution >= 4 is 27.5 Å². The van der Waals surface area contributed by atoms with E-state index in [-0.39, 0.29) is 22.7 Å². The van der Waals surface area contributed by atoms with Crippen LogP contribution in [0.15, 0.2) is 28.9 Å². The Hall–Kier alpha value is -1.40. The smallest absolute Gasteiger partial charge is 0.319 e. The molecule has 4 nitrogen and oxygen atoms in total. The number of nitrogens with zero attached hydrogens (tertiary/aromatic N) is 2. The molecule has 0 aliphatic carbocycles. The predicted molar refractivity (Wildman–Crippen MR) is 67.8 cm³/mol. The molecule has 0 saturated heterocycles. The van der Waals surface area contributed by atoms with Gasteiger partial charge in [-0.1, -0.05) is 11.6 Å². The van der Waals surface area contributed by atoms with Crippen LogP contribution in [0.1, 0.15) is 0 Å². The van der Waals surface area contributed by atoms with Crippen LogP contribution in [0, 0.1) is 5.82 Å². The van der Waals surface area contributed by atoms with Crippen LogP contribution in [0.4, 0.5) is 4.39 Å². The molecule has 0 aliphatic rings. The van der Waals surface area contributed by atoms with E-state index in [4.69, 9.17) is 21.1 Å². The Labute approximate surface area is 116 Å². The molecule has 7 heteroatoms. The summed E-state index contributed by atoms with van der Waals surface area (Å²) >= 11 is 8.92. The van der Waals surface area contributed by atoms with Crippen LogP contribution >= 0.6 is 27.5 Å². The zero-order valence-electron chi connectivity index (χ0n) is 9.15. The molecule has 0 aliphatic heterocycles. The van der Waals surface area contributed by atoms with Crippen molar-refractivity contribution in [1.29, 1.82) is 0 Å². The predicted octanol–water partition coefficient (Wildman–Crippen LogP) is 3.83. The molecule has 1 heterocycles. The summed E-state index contributed by atoms with van der Waals surface area (Å²) in [6.07, 6.45) is 1.35. The van der Waals surface area contributed by atoms with Crippen LogP contribution in [0.2, 0.25) is 5.02 Å². The van der Waals surface area contributed by atoms with Crippen LogP contribution < -0.4 is 9.47 Å². The van der Waals surface area contributed by atoms with Gasteiger partial charge in [-0.2, -0.15) is 4.98 Å². The molecule has 0 bridgehead atoms. The number of halogens is 3. The Bertz CT molecular complexity index is 583. The summed E-state index contributed by atoms with van der Waals surface area (Å²) in [4.78, 5) is 7.72. The maximum atomic E-state index is 13.3. The van der Waals surface area contributed by atoms with E-state index >= 15 is 0 Å². The third-order valence-corrected chi connectivity index (χ3v) is 2.88. The average molecular weight is 334 g/mol. The van der Waals surface area contributed by atoms with Crippen molar-refractivity contribution < 1.29 is 13.9 Å². The van der Waals surface area contributed by atoms with Gasteiger partial charge in [0.1, 0.15) is 16.6 Å². The van der Waals surface area contributed by atoms with Gasteiger partial charge in [-0.05, 0) is 28.1 Å². The second-order valence-electron chi connectivity index (χ2n) is 3.19. The van der Waals surface area contributed by atoms with E-state index in [0.29, 0.717) is 4.47 Å². The average Bonchev–Trinajstić information content (AvgIpc) is 2.36. The highest BCUT2D eigenvalue weighted by atomic mass is 79.9. The number of benzene rings is 1. The summed E-state index contributed by atoms with van der Waals surface area (Å²) in [6.45, 7) is 0. The second kappa shape index (κ2) is 5.49. The standard InChI is InChI=1S/C11H7BrClFN2O2/c1-17-11-15-5-8(13)10(16-11)18-6-2-3-7(12)9(14)4-6/h2-5H,1H3. The summed E-state index contributed by atoms with van der Waals surface area (Å²) in [5.74, 6) is -0.0618. The molecule has 0 fully saturated rings. The van der Waals surface area contributed by atoms with Crippen molar-refractivity contribution in [3.63, 3.8) is 0 Å². The van der Waals surface area contributed by atoms with E-state index in [1.54, 1.807) is 6.07 Å². The minimum Gasteiger partial charge on any atom is -0.467 e. The van der Waals surface area contributed by atoms with E-state index < -0.39 is 5.82 Å². The maximum Gasteiger partial charge on any atom is 0.319 e. The zero-order valence-corrected chi connectivity index (χ0v) is 11.5. The number of ether oxygens (including phenoxy) is 2. The molecule has 0 spiro atoms. The Morgan fingerprint density at radius 1 is 1.39 bits per heavy atom. The molecule has 1 aromatic carbocycles. The van der Waals surface area contributed by atoms with Crippen LogP contribution in [-0.4, -0.2) is 17.1 Å². The van der Waals surface area contributed by atoms with Gasteiger partial charge in [0.25, 0.3) is 0 Å². The number of hydrogen-bond donors (Lipinski definition) is 0. The lowest BCUT2D eigenvalue weighted by molar-refractivity contribution is 0.366. The number of methoxy groups -OCH3 is 1. The molecule has 94 valence electrons. The van der Waals surface area contributed by atoms with Gasteiger partial charge in [0.15, 0.2) is 0 Å². The van der Waals surface area contributed by atoms with Crippen LogP contribution in [-0.2, 0) is 0 Å². The first-order valence-electron chi connectivity index (χ1n) is 4.79. The molecule has 0 amide bonds. The fourth-order valence-corrected chi connectivity index (χ4v) is 1.53. The SMILES string of the molecule is COc1ncc(Cl)c(Oc2ccc(Br)c(F)c2)n1. The Morgan fingerprint density at radius 3 is 2.83 bits per heavy atom. The quantitative estimate of drug-likeness (QED) is 0.856. The lowest BCUT2D eigenvalue weighted by atomic mass is 10.3. The Morgan fingerprint density at radius 2 is 2.17 bits per heavy atom. The molecule has 0 N–H and O–H groups in total. The van der Waals surface area contributed by atoms with E-state index in [0.717, 1.165) is 0 Å². The lowest BCUT2D eigenvalue weighted by Gasteiger charge is -2.07. The minimum absolute atomic E-state index is 0.102. The summed E-state index contributed by atoms with van der Waals surface area (Å²) < 4.78 is 23.9. The number of rotatable bonds is 3. The van der Waals surface area contributed by atoms with Crippen molar-refractivity contribution in [3.8, 4) is 17.6 Å². The fourth-order valence-electron chi connectivity index (χ4n) is 1.16. The Balaban J connectivity index is 2.30. The minimum atomic E-state index is -0.440. The van der Waals surface area contributed by atoms with Crippen molar-refractivity contribution in [2.75, 3.05) is 7.11 Å². The van der Waals surface area contributed by atoms with Crippen molar-refractivity contribution in [2.45, 2.75) is 0 Å². The summed E-state index contributed by atoms with van der Waals surface area (Å²) in [7, 11) is 1.42. The van der Waals surface area contributed by atoms with Gasteiger partial charge in [-0.3, -0.25) is 0 Å². The van der Waals surface area contributed by atoms with Gasteiger partial charge in [0, 0.05) is 6.07 Å². The van der Waals surface area contributed by atoms with Crippen molar-refractivity contribution in [3.05, 3.63) is 39.7 Å². The van der Waals surface area contributed by atoms with E-state index in [1.807, 2.05) is 0 Å². The molecule has 0 unspecified atom stereocenters. The first-order chi connectivity index (χ1) is 8.60. The zero-order chi connectivity index (χ0) is 13.1. The van der Waals surface area contributed by atoms with Crippen molar-refractivity contribution in [1.82, 2.24) is 9.97 Å². The summed E-state index contributed by atoms with van der Waals surface area (Å²) in [5.41, 5.74) is 0. The molecular weight excluding hydrogens is 326 g/mol. The number of hydrogen-bond acceptors (Lipinski definition) is 4. The highest BCUT2D eigenvalue weighted by Gasteiger charge is 2.09. The normalized spacial score (nSPS) is 10.2. The van der Waals surface area contributed by atoms with Gasteiger partial charge < -0.3 is 9.47 Å². The van der Waals surface area contributed by atoms with Crippen molar-refractivity contribution in [2.24, 2.45) is 0 Å².